The molecule has 6 rings (SSSR count). The molecule has 9 nitrogen and oxygen atoms in total. The SMILES string of the molecule is C[C@@H]1CN(C(O)N2CC(C)(C)c3cnc(Cc4ccc(F)cc4)cc32)[C@@H](CN2Cc3ccccc3C2=O)CN1C(=O)OC(C)(C)C. The third kappa shape index (κ3) is 6.33. The second kappa shape index (κ2) is 12.0. The number of nitrogens with zero attached hydrogens (tertiary/aromatic N) is 5. The lowest BCUT2D eigenvalue weighted by Gasteiger charge is -2.49. The maximum Gasteiger partial charge on any atom is 0.410 e. The monoisotopic (exact) mass is 629 g/mol. The summed E-state index contributed by atoms with van der Waals surface area (Å²) in [5.74, 6) is -0.326. The average molecular weight is 630 g/mol. The van der Waals surface area contributed by atoms with Crippen molar-refractivity contribution in [3.05, 3.63) is 94.6 Å². The van der Waals surface area contributed by atoms with E-state index in [1.54, 1.807) is 17.0 Å². The Kier molecular flexibility index (Phi) is 8.31. The Bertz CT molecular complexity index is 1620. The van der Waals surface area contributed by atoms with Crippen LogP contribution in [0.1, 0.15) is 74.3 Å². The molecule has 2 amide bonds. The van der Waals surface area contributed by atoms with Crippen molar-refractivity contribution in [1.82, 2.24) is 19.7 Å². The number of aromatic nitrogens is 1. The zero-order valence-corrected chi connectivity index (χ0v) is 27.5. The van der Waals surface area contributed by atoms with Gasteiger partial charge in [0.05, 0.1) is 0 Å². The summed E-state index contributed by atoms with van der Waals surface area (Å²) >= 11 is 0. The van der Waals surface area contributed by atoms with Gasteiger partial charge in [0.2, 0.25) is 0 Å². The number of carbonyl (C=O) groups is 2. The lowest BCUT2D eigenvalue weighted by atomic mass is 9.88. The van der Waals surface area contributed by atoms with Crippen LogP contribution in [0.2, 0.25) is 0 Å². The molecule has 10 heteroatoms. The first-order chi connectivity index (χ1) is 21.7. The number of fused-ring (bicyclic) bond motifs is 2. The molecular weight excluding hydrogens is 585 g/mol. The summed E-state index contributed by atoms with van der Waals surface area (Å²) in [4.78, 5) is 39.1. The highest BCUT2D eigenvalue weighted by Crippen LogP contribution is 2.42. The van der Waals surface area contributed by atoms with Gasteiger partial charge in [0.1, 0.15) is 11.4 Å². The molecule has 1 fully saturated rings. The lowest BCUT2D eigenvalue weighted by Crippen LogP contribution is -2.67. The van der Waals surface area contributed by atoms with Crippen molar-refractivity contribution >= 4 is 17.7 Å². The predicted molar refractivity (Wildman–Crippen MR) is 174 cm³/mol. The fourth-order valence-electron chi connectivity index (χ4n) is 6.94. The highest BCUT2D eigenvalue weighted by molar-refractivity contribution is 5.98. The van der Waals surface area contributed by atoms with E-state index >= 15 is 0 Å². The van der Waals surface area contributed by atoms with Gasteiger partial charge in [0, 0.05) is 85.3 Å². The number of ether oxygens (including phenoxy) is 1. The molecule has 2 aromatic carbocycles. The van der Waals surface area contributed by atoms with Gasteiger partial charge in [-0.1, -0.05) is 44.2 Å². The number of anilines is 1. The molecule has 0 spiro atoms. The van der Waals surface area contributed by atoms with Crippen LogP contribution in [0.5, 0.6) is 0 Å². The van der Waals surface area contributed by atoms with Crippen molar-refractivity contribution in [3.63, 3.8) is 0 Å². The first-order valence-corrected chi connectivity index (χ1v) is 16.0. The van der Waals surface area contributed by atoms with Gasteiger partial charge in [-0.25, -0.2) is 9.18 Å². The lowest BCUT2D eigenvalue weighted by molar-refractivity contribution is -0.0831. The molecule has 3 aromatic rings. The van der Waals surface area contributed by atoms with Crippen LogP contribution < -0.4 is 4.90 Å². The summed E-state index contributed by atoms with van der Waals surface area (Å²) in [5.41, 5.74) is 4.45. The topological polar surface area (TPSA) is 89.5 Å². The van der Waals surface area contributed by atoms with Gasteiger partial charge in [-0.2, -0.15) is 0 Å². The zero-order chi connectivity index (χ0) is 33.0. The molecule has 3 aliphatic heterocycles. The first kappa shape index (κ1) is 31.9. The van der Waals surface area contributed by atoms with Crippen LogP contribution >= 0.6 is 0 Å². The van der Waals surface area contributed by atoms with Crippen LogP contribution in [-0.2, 0) is 23.1 Å². The van der Waals surface area contributed by atoms with Crippen LogP contribution in [0.4, 0.5) is 14.9 Å². The van der Waals surface area contributed by atoms with E-state index in [0.29, 0.717) is 44.7 Å². The third-order valence-corrected chi connectivity index (χ3v) is 9.26. The maximum atomic E-state index is 13.5. The summed E-state index contributed by atoms with van der Waals surface area (Å²) < 4.78 is 19.3. The van der Waals surface area contributed by atoms with Gasteiger partial charge < -0.3 is 24.5 Å². The Labute approximate surface area is 270 Å². The minimum atomic E-state index is -1.02. The number of benzene rings is 2. The van der Waals surface area contributed by atoms with Gasteiger partial charge in [-0.15, -0.1) is 0 Å². The molecule has 0 bridgehead atoms. The highest BCUT2D eigenvalue weighted by atomic mass is 19.1. The number of rotatable bonds is 6. The Hall–Kier alpha value is -4.02. The van der Waals surface area contributed by atoms with Gasteiger partial charge in [0.25, 0.3) is 5.91 Å². The Morgan fingerprint density at radius 3 is 2.54 bits per heavy atom. The van der Waals surface area contributed by atoms with Crippen molar-refractivity contribution in [3.8, 4) is 0 Å². The smallest absolute Gasteiger partial charge is 0.410 e. The molecule has 46 heavy (non-hydrogen) atoms. The van der Waals surface area contributed by atoms with E-state index < -0.39 is 18.0 Å². The van der Waals surface area contributed by atoms with Crippen LogP contribution in [0.3, 0.4) is 0 Å². The van der Waals surface area contributed by atoms with Crippen molar-refractivity contribution in [2.75, 3.05) is 31.1 Å². The van der Waals surface area contributed by atoms with E-state index in [4.69, 9.17) is 9.72 Å². The Morgan fingerprint density at radius 2 is 1.85 bits per heavy atom. The van der Waals surface area contributed by atoms with Crippen molar-refractivity contribution < 1.29 is 23.8 Å². The Morgan fingerprint density at radius 1 is 1.13 bits per heavy atom. The molecule has 0 aliphatic carbocycles. The summed E-state index contributed by atoms with van der Waals surface area (Å²) in [5, 5.41) is 12.2. The molecule has 0 saturated carbocycles. The Balaban J connectivity index is 1.29. The van der Waals surface area contributed by atoms with E-state index in [9.17, 15) is 19.1 Å². The van der Waals surface area contributed by atoms with Crippen LogP contribution in [0.15, 0.2) is 60.8 Å². The van der Waals surface area contributed by atoms with Crippen LogP contribution in [0.25, 0.3) is 0 Å². The van der Waals surface area contributed by atoms with E-state index in [0.717, 1.165) is 28.1 Å². The van der Waals surface area contributed by atoms with Gasteiger partial charge in [0.15, 0.2) is 6.35 Å². The molecular formula is C36H44FN5O4. The van der Waals surface area contributed by atoms with Crippen molar-refractivity contribution in [2.24, 2.45) is 0 Å². The van der Waals surface area contributed by atoms with E-state index in [2.05, 4.69) is 13.8 Å². The number of aliphatic hydroxyl groups excluding tert-OH is 1. The number of hydrogen-bond acceptors (Lipinski definition) is 7. The summed E-state index contributed by atoms with van der Waals surface area (Å²) in [6, 6.07) is 15.5. The summed E-state index contributed by atoms with van der Waals surface area (Å²) in [7, 11) is 0. The van der Waals surface area contributed by atoms with Crippen molar-refractivity contribution in [1.29, 1.82) is 0 Å². The standard InChI is InChI=1S/C36H44FN5O4/c1-23-18-41(28(21-40(23)34(45)46-35(2,3)4)20-39-19-25-9-7-8-10-29(25)32(39)43)33(44)42-22-36(5,6)30-17-38-27(16-31(30)42)15-24-11-13-26(37)14-12-24/h7-14,16-17,23,28,33,44H,15,18-22H2,1-6H3/t23-,28+,33?/m1/s1. The highest BCUT2D eigenvalue weighted by Gasteiger charge is 2.46. The average Bonchev–Trinajstić information content (AvgIpc) is 3.45. The van der Waals surface area contributed by atoms with Crippen LogP contribution in [-0.4, -0.2) is 87.0 Å². The zero-order valence-electron chi connectivity index (χ0n) is 27.5. The number of pyridine rings is 1. The molecule has 3 aliphatic rings. The molecule has 1 unspecified atom stereocenters. The van der Waals surface area contributed by atoms with Crippen LogP contribution in [0, 0.1) is 5.82 Å². The third-order valence-electron chi connectivity index (χ3n) is 9.26. The summed E-state index contributed by atoms with van der Waals surface area (Å²) in [6.45, 7) is 13.8. The van der Waals surface area contributed by atoms with E-state index in [-0.39, 0.29) is 29.2 Å². The van der Waals surface area contributed by atoms with Gasteiger partial charge >= 0.3 is 6.09 Å². The minimum absolute atomic E-state index is 0.0448. The molecule has 0 radical (unpaired) electrons. The molecule has 1 saturated heterocycles. The number of piperazine rings is 1. The second-order valence-corrected chi connectivity index (χ2v) is 14.5. The predicted octanol–water partition coefficient (Wildman–Crippen LogP) is 5.15. The molecule has 1 N–H and O–H groups in total. The maximum absolute atomic E-state index is 13.5. The number of carbonyl (C=O) groups excluding carboxylic acids is 2. The molecule has 4 heterocycles. The number of amides is 2. The molecule has 244 valence electrons. The number of hydrogen-bond donors (Lipinski definition) is 1. The molecule has 1 aromatic heterocycles. The number of halogens is 1. The van der Waals surface area contributed by atoms with Gasteiger partial charge in [-0.3, -0.25) is 14.7 Å². The van der Waals surface area contributed by atoms with Crippen molar-refractivity contribution in [2.45, 2.75) is 84.0 Å². The van der Waals surface area contributed by atoms with Gasteiger partial charge in [-0.05, 0) is 63.1 Å². The fraction of sp³-hybridized carbons (Fsp3) is 0.472. The van der Waals surface area contributed by atoms with E-state index in [1.807, 2.05) is 78.9 Å². The first-order valence-electron chi connectivity index (χ1n) is 16.0. The fourth-order valence-corrected chi connectivity index (χ4v) is 6.94. The normalized spacial score (nSPS) is 21.7. The van der Waals surface area contributed by atoms with E-state index in [1.165, 1.54) is 12.1 Å². The second-order valence-electron chi connectivity index (χ2n) is 14.5. The largest absolute Gasteiger partial charge is 0.444 e. The minimum Gasteiger partial charge on any atom is -0.444 e. The number of aliphatic hydroxyl groups is 1. The quantitative estimate of drug-likeness (QED) is 0.404. The summed E-state index contributed by atoms with van der Waals surface area (Å²) in [6.07, 6.45) is 1.000. The molecule has 3 atom stereocenters.